The fraction of sp³-hybridized carbons (Fsp3) is 0.0714. The van der Waals surface area contributed by atoms with Crippen LogP contribution in [0.25, 0.3) is 11.1 Å². The van der Waals surface area contributed by atoms with E-state index in [1.54, 1.807) is 25.1 Å². The average molecular weight is 306 g/mol. The Morgan fingerprint density at radius 2 is 2.00 bits per heavy atom. The van der Waals surface area contributed by atoms with Gasteiger partial charge in [-0.05, 0) is 36.4 Å². The van der Waals surface area contributed by atoms with Crippen LogP contribution < -0.4 is 4.72 Å². The number of aryl methyl sites for hydroxylation is 1. The van der Waals surface area contributed by atoms with Gasteiger partial charge < -0.3 is 4.42 Å². The molecule has 3 aromatic rings. The molecule has 0 spiro atoms. The molecule has 0 aliphatic carbocycles. The Labute approximate surface area is 120 Å². The Kier molecular flexibility index (Phi) is 3.13. The molecule has 0 aliphatic rings. The highest BCUT2D eigenvalue weighted by molar-refractivity contribution is 7.92. The van der Waals surface area contributed by atoms with Crippen LogP contribution in [-0.4, -0.2) is 13.4 Å². The fourth-order valence-electron chi connectivity index (χ4n) is 1.95. The second kappa shape index (κ2) is 4.85. The summed E-state index contributed by atoms with van der Waals surface area (Å²) < 4.78 is 45.2. The molecule has 0 amide bonds. The van der Waals surface area contributed by atoms with Gasteiger partial charge in [0, 0.05) is 6.92 Å². The summed E-state index contributed by atoms with van der Waals surface area (Å²) in [4.78, 5) is 3.99. The molecule has 108 valence electrons. The van der Waals surface area contributed by atoms with E-state index < -0.39 is 15.8 Å². The predicted octanol–water partition coefficient (Wildman–Crippen LogP) is 3.08. The molecule has 0 saturated heterocycles. The smallest absolute Gasteiger partial charge is 0.261 e. The molecule has 0 fully saturated rings. The highest BCUT2D eigenvalue weighted by Gasteiger charge is 2.15. The maximum Gasteiger partial charge on any atom is 0.261 e. The number of nitrogens with one attached hydrogen (secondary N) is 1. The number of halogens is 1. The van der Waals surface area contributed by atoms with Crippen LogP contribution in [0.4, 0.5) is 10.1 Å². The minimum Gasteiger partial charge on any atom is -0.441 e. The number of aromatic nitrogens is 1. The maximum atomic E-state index is 13.1. The van der Waals surface area contributed by atoms with Gasteiger partial charge in [-0.15, -0.1) is 0 Å². The molecule has 1 aromatic heterocycles. The van der Waals surface area contributed by atoms with Crippen LogP contribution in [-0.2, 0) is 10.0 Å². The molecule has 0 aliphatic heterocycles. The number of anilines is 1. The zero-order chi connectivity index (χ0) is 15.0. The van der Waals surface area contributed by atoms with Gasteiger partial charge in [-0.1, -0.05) is 6.07 Å². The third kappa shape index (κ3) is 2.73. The van der Waals surface area contributed by atoms with E-state index >= 15 is 0 Å². The van der Waals surface area contributed by atoms with Crippen molar-refractivity contribution >= 4 is 26.8 Å². The summed E-state index contributed by atoms with van der Waals surface area (Å²) in [6.45, 7) is 1.70. The quantitative estimate of drug-likeness (QED) is 0.807. The van der Waals surface area contributed by atoms with Gasteiger partial charge in [0.15, 0.2) is 11.5 Å². The van der Waals surface area contributed by atoms with Gasteiger partial charge in [0.2, 0.25) is 0 Å². The average Bonchev–Trinajstić information content (AvgIpc) is 2.77. The lowest BCUT2D eigenvalue weighted by molar-refractivity contribution is 0.561. The van der Waals surface area contributed by atoms with Crippen LogP contribution in [0, 0.1) is 12.7 Å². The van der Waals surface area contributed by atoms with Crippen LogP contribution in [0.1, 0.15) is 5.89 Å². The number of hydrogen-bond donors (Lipinski definition) is 1. The number of hydrogen-bond acceptors (Lipinski definition) is 4. The first kappa shape index (κ1) is 13.6. The normalized spacial score (nSPS) is 11.7. The minimum absolute atomic E-state index is 0.140. The predicted molar refractivity (Wildman–Crippen MR) is 76.0 cm³/mol. The van der Waals surface area contributed by atoms with Gasteiger partial charge in [0.05, 0.1) is 10.6 Å². The van der Waals surface area contributed by atoms with E-state index in [1.807, 2.05) is 0 Å². The molecule has 3 rings (SSSR count). The van der Waals surface area contributed by atoms with Gasteiger partial charge >= 0.3 is 0 Å². The first-order valence-electron chi connectivity index (χ1n) is 6.10. The van der Waals surface area contributed by atoms with Crippen molar-refractivity contribution in [1.29, 1.82) is 0 Å². The highest BCUT2D eigenvalue weighted by atomic mass is 32.2. The van der Waals surface area contributed by atoms with Crippen LogP contribution >= 0.6 is 0 Å². The van der Waals surface area contributed by atoms with E-state index in [-0.39, 0.29) is 4.90 Å². The third-order valence-corrected chi connectivity index (χ3v) is 4.23. The van der Waals surface area contributed by atoms with Gasteiger partial charge in [0.1, 0.15) is 11.3 Å². The molecular formula is C14H11FN2O3S. The molecule has 0 atom stereocenters. The first-order valence-corrected chi connectivity index (χ1v) is 7.58. The molecule has 1 N–H and O–H groups in total. The second-order valence-electron chi connectivity index (χ2n) is 4.48. The molecule has 7 heteroatoms. The Balaban J connectivity index is 1.96. The molecule has 21 heavy (non-hydrogen) atoms. The van der Waals surface area contributed by atoms with Crippen molar-refractivity contribution in [3.8, 4) is 0 Å². The maximum absolute atomic E-state index is 13.1. The van der Waals surface area contributed by atoms with E-state index in [2.05, 4.69) is 9.71 Å². The lowest BCUT2D eigenvalue weighted by atomic mass is 10.3. The zero-order valence-corrected chi connectivity index (χ0v) is 11.8. The molecule has 0 saturated carbocycles. The minimum atomic E-state index is -3.85. The molecule has 2 aromatic carbocycles. The summed E-state index contributed by atoms with van der Waals surface area (Å²) in [5.74, 6) is -0.115. The van der Waals surface area contributed by atoms with Crippen molar-refractivity contribution < 1.29 is 17.2 Å². The molecule has 0 radical (unpaired) electrons. The summed E-state index contributed by atoms with van der Waals surface area (Å²) in [5.41, 5.74) is 1.45. The molecule has 5 nitrogen and oxygen atoms in total. The summed E-state index contributed by atoms with van der Waals surface area (Å²) in [6.07, 6.45) is 0. The molecule has 0 bridgehead atoms. The third-order valence-electron chi connectivity index (χ3n) is 2.85. The van der Waals surface area contributed by atoms with Crippen molar-refractivity contribution in [3.05, 3.63) is 54.2 Å². The van der Waals surface area contributed by atoms with Crippen LogP contribution in [0.15, 0.2) is 51.8 Å². The molecule has 0 unspecified atom stereocenters. The van der Waals surface area contributed by atoms with E-state index in [0.29, 0.717) is 22.7 Å². The standard InChI is InChI=1S/C14H11FN2O3S/c1-9-16-13-8-11(5-6-14(13)20-9)17-21(18,19)12-4-2-3-10(15)7-12/h2-8,17H,1H3. The number of nitrogens with zero attached hydrogens (tertiary/aromatic N) is 1. The summed E-state index contributed by atoms with van der Waals surface area (Å²) >= 11 is 0. The van der Waals surface area contributed by atoms with E-state index in [0.717, 1.165) is 6.07 Å². The van der Waals surface area contributed by atoms with Crippen molar-refractivity contribution in [2.45, 2.75) is 11.8 Å². The van der Waals surface area contributed by atoms with Gasteiger partial charge in [-0.3, -0.25) is 4.72 Å². The zero-order valence-electron chi connectivity index (χ0n) is 11.0. The fourth-order valence-corrected chi connectivity index (χ4v) is 3.03. The first-order chi connectivity index (χ1) is 9.94. The van der Waals surface area contributed by atoms with E-state index in [4.69, 9.17) is 4.42 Å². The van der Waals surface area contributed by atoms with Crippen LogP contribution in [0.5, 0.6) is 0 Å². The van der Waals surface area contributed by atoms with Crippen LogP contribution in [0.2, 0.25) is 0 Å². The number of oxazole rings is 1. The second-order valence-corrected chi connectivity index (χ2v) is 6.16. The summed E-state index contributed by atoms with van der Waals surface area (Å²) in [5, 5.41) is 0. The number of fused-ring (bicyclic) bond motifs is 1. The topological polar surface area (TPSA) is 72.2 Å². The van der Waals surface area contributed by atoms with Crippen molar-refractivity contribution in [1.82, 2.24) is 4.98 Å². The van der Waals surface area contributed by atoms with Gasteiger partial charge in [-0.25, -0.2) is 17.8 Å². The van der Waals surface area contributed by atoms with E-state index in [1.165, 1.54) is 18.2 Å². The van der Waals surface area contributed by atoms with Gasteiger partial charge in [-0.2, -0.15) is 0 Å². The highest BCUT2D eigenvalue weighted by Crippen LogP contribution is 2.22. The van der Waals surface area contributed by atoms with Crippen molar-refractivity contribution in [3.63, 3.8) is 0 Å². The summed E-state index contributed by atoms with van der Waals surface area (Å²) in [7, 11) is -3.85. The Morgan fingerprint density at radius 3 is 2.76 bits per heavy atom. The number of rotatable bonds is 3. The van der Waals surface area contributed by atoms with Crippen LogP contribution in [0.3, 0.4) is 0 Å². The largest absolute Gasteiger partial charge is 0.441 e. The number of benzene rings is 2. The number of sulfonamides is 1. The van der Waals surface area contributed by atoms with E-state index in [9.17, 15) is 12.8 Å². The van der Waals surface area contributed by atoms with Crippen molar-refractivity contribution in [2.75, 3.05) is 4.72 Å². The Hall–Kier alpha value is -2.41. The lowest BCUT2D eigenvalue weighted by Crippen LogP contribution is -2.13. The molecule has 1 heterocycles. The lowest BCUT2D eigenvalue weighted by Gasteiger charge is -2.07. The monoisotopic (exact) mass is 306 g/mol. The van der Waals surface area contributed by atoms with Gasteiger partial charge in [0.25, 0.3) is 10.0 Å². The Morgan fingerprint density at radius 1 is 1.19 bits per heavy atom. The molecular weight excluding hydrogens is 295 g/mol. The van der Waals surface area contributed by atoms with Crippen molar-refractivity contribution in [2.24, 2.45) is 0 Å². The summed E-state index contributed by atoms with van der Waals surface area (Å²) in [6, 6.07) is 9.55. The SMILES string of the molecule is Cc1nc2cc(NS(=O)(=O)c3cccc(F)c3)ccc2o1. The Bertz CT molecular complexity index is 919.